The van der Waals surface area contributed by atoms with Crippen LogP contribution in [0, 0.1) is 5.92 Å². The first-order valence-corrected chi connectivity index (χ1v) is 8.36. The van der Waals surface area contributed by atoms with E-state index >= 15 is 0 Å². The van der Waals surface area contributed by atoms with Crippen molar-refractivity contribution in [2.24, 2.45) is 5.92 Å². The molecule has 0 fully saturated rings. The van der Waals surface area contributed by atoms with E-state index in [0.717, 1.165) is 5.92 Å². The first kappa shape index (κ1) is 23.6. The largest absolute Gasteiger partial charge is 0.103 e. The van der Waals surface area contributed by atoms with E-state index in [-0.39, 0.29) is 0 Å². The molecule has 0 nitrogen and oxygen atoms in total. The molecule has 0 rings (SSSR count). The maximum Gasteiger partial charge on any atom is -0.0237 e. The van der Waals surface area contributed by atoms with Crippen molar-refractivity contribution < 1.29 is 0 Å². The summed E-state index contributed by atoms with van der Waals surface area (Å²) in [5.74, 6) is 0.728. The molecule has 0 bridgehead atoms. The van der Waals surface area contributed by atoms with Crippen LogP contribution < -0.4 is 0 Å². The normalized spacial score (nSPS) is 10.4. The van der Waals surface area contributed by atoms with Gasteiger partial charge in [0.2, 0.25) is 0 Å². The highest BCUT2D eigenvalue weighted by Gasteiger charge is 2.00. The Hall–Kier alpha value is -0.520. The summed E-state index contributed by atoms with van der Waals surface area (Å²) in [6.07, 6.45) is 12.5. The van der Waals surface area contributed by atoms with Crippen LogP contribution in [0.15, 0.2) is 24.8 Å². The van der Waals surface area contributed by atoms with E-state index in [1.807, 2.05) is 19.9 Å². The van der Waals surface area contributed by atoms with E-state index in [2.05, 4.69) is 40.9 Å². The molecular formula is C19H40. The van der Waals surface area contributed by atoms with E-state index in [1.54, 1.807) is 0 Å². The standard InChI is InChI=1S/C10H20.C7H14.C2H6/c1-5-6-7-8-10(4)9(2)3;1-3-5-7-6-4-2;1-2/h10H,2,5-8H2,1,3-4H3;3H,1,4-7H2,2H3;1-2H3. The molecule has 0 amide bonds. The molecule has 1 unspecified atom stereocenters. The van der Waals surface area contributed by atoms with Gasteiger partial charge in [-0.25, -0.2) is 0 Å². The Morgan fingerprint density at radius 3 is 1.84 bits per heavy atom. The first-order valence-electron chi connectivity index (χ1n) is 8.36. The van der Waals surface area contributed by atoms with Crippen LogP contribution in [0.1, 0.15) is 92.9 Å². The Balaban J connectivity index is -0.000000249. The van der Waals surface area contributed by atoms with Crippen molar-refractivity contribution in [1.82, 2.24) is 0 Å². The molecule has 0 aliphatic carbocycles. The maximum atomic E-state index is 3.93. The third-order valence-electron chi connectivity index (χ3n) is 3.09. The lowest BCUT2D eigenvalue weighted by Crippen LogP contribution is -1.94. The fraction of sp³-hybridized carbons (Fsp3) is 0.789. The zero-order valence-corrected chi connectivity index (χ0v) is 14.7. The van der Waals surface area contributed by atoms with Gasteiger partial charge in [0.15, 0.2) is 0 Å². The molecule has 0 radical (unpaired) electrons. The zero-order valence-electron chi connectivity index (χ0n) is 14.7. The Kier molecular flexibility index (Phi) is 28.1. The van der Waals surface area contributed by atoms with Crippen molar-refractivity contribution in [2.45, 2.75) is 92.9 Å². The van der Waals surface area contributed by atoms with Crippen molar-refractivity contribution in [3.05, 3.63) is 24.8 Å². The molecule has 0 aliphatic rings. The highest BCUT2D eigenvalue weighted by molar-refractivity contribution is 4.93. The molecule has 0 aliphatic heterocycles. The summed E-state index contributed by atoms with van der Waals surface area (Å²) in [7, 11) is 0. The monoisotopic (exact) mass is 268 g/mol. The second kappa shape index (κ2) is 22.6. The van der Waals surface area contributed by atoms with Gasteiger partial charge in [0.1, 0.15) is 0 Å². The summed E-state index contributed by atoms with van der Waals surface area (Å²) in [4.78, 5) is 0. The Labute approximate surface area is 124 Å². The molecule has 0 heteroatoms. The van der Waals surface area contributed by atoms with Gasteiger partial charge in [0, 0.05) is 0 Å². The van der Waals surface area contributed by atoms with E-state index in [0.29, 0.717) is 0 Å². The van der Waals surface area contributed by atoms with Crippen LogP contribution in [0.2, 0.25) is 0 Å². The fourth-order valence-corrected chi connectivity index (χ4v) is 1.49. The van der Waals surface area contributed by atoms with Gasteiger partial charge in [0.25, 0.3) is 0 Å². The number of rotatable bonds is 9. The van der Waals surface area contributed by atoms with E-state index in [9.17, 15) is 0 Å². The van der Waals surface area contributed by atoms with Crippen molar-refractivity contribution >= 4 is 0 Å². The Morgan fingerprint density at radius 2 is 1.47 bits per heavy atom. The van der Waals surface area contributed by atoms with E-state index < -0.39 is 0 Å². The molecule has 0 saturated heterocycles. The van der Waals surface area contributed by atoms with Crippen molar-refractivity contribution in [2.75, 3.05) is 0 Å². The molecule has 0 heterocycles. The van der Waals surface area contributed by atoms with Gasteiger partial charge in [-0.2, -0.15) is 0 Å². The topological polar surface area (TPSA) is 0 Å². The van der Waals surface area contributed by atoms with Gasteiger partial charge < -0.3 is 0 Å². The van der Waals surface area contributed by atoms with Crippen molar-refractivity contribution in [1.29, 1.82) is 0 Å². The molecule has 19 heavy (non-hydrogen) atoms. The third-order valence-corrected chi connectivity index (χ3v) is 3.09. The van der Waals surface area contributed by atoms with Gasteiger partial charge in [0.05, 0.1) is 0 Å². The van der Waals surface area contributed by atoms with Crippen LogP contribution in [0.25, 0.3) is 0 Å². The molecule has 1 atom stereocenters. The van der Waals surface area contributed by atoms with Crippen LogP contribution in [-0.2, 0) is 0 Å². The number of hydrogen-bond donors (Lipinski definition) is 0. The second-order valence-electron chi connectivity index (χ2n) is 5.03. The quantitative estimate of drug-likeness (QED) is 0.299. The summed E-state index contributed by atoms with van der Waals surface area (Å²) in [6.45, 7) is 20.4. The molecule has 0 N–H and O–H groups in total. The van der Waals surface area contributed by atoms with Crippen LogP contribution in [0.5, 0.6) is 0 Å². The SMILES string of the molecule is C=C(C)C(C)CCCCC.C=CCCCCC.CC. The summed E-state index contributed by atoms with van der Waals surface area (Å²) in [5.41, 5.74) is 1.33. The van der Waals surface area contributed by atoms with Gasteiger partial charge in [-0.05, 0) is 32.1 Å². The molecule has 0 aromatic rings. The minimum absolute atomic E-state index is 0.728. The lowest BCUT2D eigenvalue weighted by Gasteiger charge is -2.09. The number of hydrogen-bond acceptors (Lipinski definition) is 0. The predicted octanol–water partition coefficient (Wildman–Crippen LogP) is 7.56. The summed E-state index contributed by atoms with van der Waals surface area (Å²) in [6, 6.07) is 0. The Bertz CT molecular complexity index is 167. The lowest BCUT2D eigenvalue weighted by molar-refractivity contribution is 0.555. The minimum Gasteiger partial charge on any atom is -0.103 e. The van der Waals surface area contributed by atoms with Gasteiger partial charge in [-0.3, -0.25) is 0 Å². The van der Waals surface area contributed by atoms with Crippen molar-refractivity contribution in [3.8, 4) is 0 Å². The predicted molar refractivity (Wildman–Crippen MR) is 93.8 cm³/mol. The average Bonchev–Trinajstić information content (AvgIpc) is 2.42. The zero-order chi connectivity index (χ0) is 15.5. The van der Waals surface area contributed by atoms with Gasteiger partial charge in [-0.15, -0.1) is 6.58 Å². The highest BCUT2D eigenvalue weighted by Crippen LogP contribution is 2.15. The van der Waals surface area contributed by atoms with Crippen LogP contribution in [0.4, 0.5) is 0 Å². The van der Waals surface area contributed by atoms with E-state index in [4.69, 9.17) is 0 Å². The maximum absolute atomic E-state index is 3.93. The molecular weight excluding hydrogens is 228 g/mol. The molecule has 0 aromatic heterocycles. The summed E-state index contributed by atoms with van der Waals surface area (Å²) >= 11 is 0. The molecule has 116 valence electrons. The molecule has 0 spiro atoms. The Morgan fingerprint density at radius 1 is 1.00 bits per heavy atom. The minimum atomic E-state index is 0.728. The molecule has 0 saturated carbocycles. The van der Waals surface area contributed by atoms with E-state index in [1.165, 1.54) is 56.9 Å². The third kappa shape index (κ3) is 26.9. The average molecular weight is 269 g/mol. The van der Waals surface area contributed by atoms with Crippen LogP contribution in [-0.4, -0.2) is 0 Å². The van der Waals surface area contributed by atoms with Gasteiger partial charge >= 0.3 is 0 Å². The number of unbranched alkanes of at least 4 members (excludes halogenated alkanes) is 5. The summed E-state index contributed by atoms with van der Waals surface area (Å²) < 4.78 is 0. The summed E-state index contributed by atoms with van der Waals surface area (Å²) in [5, 5.41) is 0. The first-order chi connectivity index (χ1) is 9.09. The second-order valence-corrected chi connectivity index (χ2v) is 5.03. The highest BCUT2D eigenvalue weighted by atomic mass is 14.1. The van der Waals surface area contributed by atoms with Crippen LogP contribution in [0.3, 0.4) is 0 Å². The number of allylic oxidation sites excluding steroid dienone is 2. The fourth-order valence-electron chi connectivity index (χ4n) is 1.49. The lowest BCUT2D eigenvalue weighted by atomic mass is 9.97. The van der Waals surface area contributed by atoms with Crippen molar-refractivity contribution in [3.63, 3.8) is 0 Å². The smallest absolute Gasteiger partial charge is 0.0237 e. The molecule has 0 aromatic carbocycles. The van der Waals surface area contributed by atoms with Gasteiger partial charge in [-0.1, -0.05) is 85.0 Å². The van der Waals surface area contributed by atoms with Crippen LogP contribution >= 0.6 is 0 Å².